The van der Waals surface area contributed by atoms with Crippen LogP contribution in [-0.2, 0) is 6.61 Å². The molecule has 4 nitrogen and oxygen atoms in total. The van der Waals surface area contributed by atoms with Crippen LogP contribution in [0.1, 0.15) is 16.7 Å². The fourth-order valence-electron chi connectivity index (χ4n) is 1.81. The average molecular weight is 266 g/mol. The second-order valence-electron chi connectivity index (χ2n) is 4.32. The lowest BCUT2D eigenvalue weighted by molar-refractivity contribution is 0.305. The van der Waals surface area contributed by atoms with Crippen LogP contribution in [0.4, 0.5) is 0 Å². The standard InChI is InChI=1S/C16H14N2O2/c1-12-6-8-14(9-7-12)20-11-13-4-2-3-5-15(13)16(10-17)18-19/h2-9,19H,11H2,1H3/b18-16-. The molecule has 0 aromatic heterocycles. The van der Waals surface area contributed by atoms with Crippen molar-refractivity contribution in [3.63, 3.8) is 0 Å². The van der Waals surface area contributed by atoms with Crippen LogP contribution in [-0.4, -0.2) is 10.9 Å². The highest BCUT2D eigenvalue weighted by molar-refractivity contribution is 6.12. The minimum absolute atomic E-state index is 0.0203. The maximum absolute atomic E-state index is 8.94. The number of nitriles is 1. The Labute approximate surface area is 117 Å². The molecular weight excluding hydrogens is 252 g/mol. The minimum atomic E-state index is -0.0203. The average Bonchev–Trinajstić information content (AvgIpc) is 2.49. The molecule has 100 valence electrons. The van der Waals surface area contributed by atoms with Crippen molar-refractivity contribution < 1.29 is 9.94 Å². The first-order chi connectivity index (χ1) is 9.74. The maximum Gasteiger partial charge on any atom is 0.187 e. The van der Waals surface area contributed by atoms with Crippen molar-refractivity contribution in [3.8, 4) is 11.8 Å². The van der Waals surface area contributed by atoms with Gasteiger partial charge in [-0.25, -0.2) is 0 Å². The van der Waals surface area contributed by atoms with Crippen LogP contribution in [0.5, 0.6) is 5.75 Å². The molecule has 1 N–H and O–H groups in total. The van der Waals surface area contributed by atoms with E-state index in [1.54, 1.807) is 12.1 Å². The number of hydrogen-bond donors (Lipinski definition) is 1. The lowest BCUT2D eigenvalue weighted by Gasteiger charge is -2.09. The van der Waals surface area contributed by atoms with E-state index < -0.39 is 0 Å². The summed E-state index contributed by atoms with van der Waals surface area (Å²) in [6.45, 7) is 2.32. The van der Waals surface area contributed by atoms with Crippen molar-refractivity contribution >= 4 is 5.71 Å². The Bertz CT molecular complexity index is 655. The summed E-state index contributed by atoms with van der Waals surface area (Å²) in [5, 5.41) is 20.8. The first-order valence-corrected chi connectivity index (χ1v) is 6.14. The highest BCUT2D eigenvalue weighted by atomic mass is 16.5. The lowest BCUT2D eigenvalue weighted by atomic mass is 10.0. The van der Waals surface area contributed by atoms with Crippen LogP contribution in [0.3, 0.4) is 0 Å². The molecule has 4 heteroatoms. The molecule has 20 heavy (non-hydrogen) atoms. The number of benzene rings is 2. The number of hydrogen-bond acceptors (Lipinski definition) is 4. The first-order valence-electron chi connectivity index (χ1n) is 6.14. The Morgan fingerprint density at radius 2 is 1.90 bits per heavy atom. The van der Waals surface area contributed by atoms with E-state index in [-0.39, 0.29) is 5.71 Å². The molecular formula is C16H14N2O2. The Kier molecular flexibility index (Phi) is 4.35. The van der Waals surface area contributed by atoms with Gasteiger partial charge in [-0.1, -0.05) is 47.1 Å². The monoisotopic (exact) mass is 266 g/mol. The van der Waals surface area contributed by atoms with E-state index in [0.29, 0.717) is 12.2 Å². The molecule has 0 aliphatic heterocycles. The number of oxime groups is 1. The zero-order valence-corrected chi connectivity index (χ0v) is 11.1. The van der Waals surface area contributed by atoms with Crippen molar-refractivity contribution in [2.75, 3.05) is 0 Å². The third kappa shape index (κ3) is 3.15. The van der Waals surface area contributed by atoms with Gasteiger partial charge >= 0.3 is 0 Å². The molecule has 0 spiro atoms. The summed E-state index contributed by atoms with van der Waals surface area (Å²) >= 11 is 0. The fraction of sp³-hybridized carbons (Fsp3) is 0.125. The number of aryl methyl sites for hydroxylation is 1. The van der Waals surface area contributed by atoms with Crippen LogP contribution in [0.2, 0.25) is 0 Å². The summed E-state index contributed by atoms with van der Waals surface area (Å²) in [7, 11) is 0. The molecule has 0 bridgehead atoms. The summed E-state index contributed by atoms with van der Waals surface area (Å²) in [6.07, 6.45) is 0. The van der Waals surface area contributed by atoms with Crippen molar-refractivity contribution in [3.05, 3.63) is 65.2 Å². The molecule has 0 saturated carbocycles. The Morgan fingerprint density at radius 3 is 2.55 bits per heavy atom. The van der Waals surface area contributed by atoms with Crippen molar-refractivity contribution in [2.45, 2.75) is 13.5 Å². The van der Waals surface area contributed by atoms with Crippen LogP contribution >= 0.6 is 0 Å². The second kappa shape index (κ2) is 6.39. The molecule has 2 aromatic carbocycles. The first kappa shape index (κ1) is 13.6. The number of ether oxygens (including phenoxy) is 1. The van der Waals surface area contributed by atoms with Crippen molar-refractivity contribution in [1.29, 1.82) is 5.26 Å². The topological polar surface area (TPSA) is 65.6 Å². The zero-order valence-electron chi connectivity index (χ0n) is 11.1. The summed E-state index contributed by atoms with van der Waals surface area (Å²) in [4.78, 5) is 0. The number of rotatable bonds is 4. The summed E-state index contributed by atoms with van der Waals surface area (Å²) < 4.78 is 5.68. The molecule has 0 amide bonds. The van der Waals surface area contributed by atoms with Gasteiger partial charge < -0.3 is 9.94 Å². The third-order valence-electron chi connectivity index (χ3n) is 2.89. The Morgan fingerprint density at radius 1 is 1.20 bits per heavy atom. The SMILES string of the molecule is Cc1ccc(OCc2ccccc2/C(C#N)=N\O)cc1. The van der Waals surface area contributed by atoms with Gasteiger partial charge in [0.05, 0.1) is 0 Å². The summed E-state index contributed by atoms with van der Waals surface area (Å²) in [5.41, 5.74) is 2.51. The predicted octanol–water partition coefficient (Wildman–Crippen LogP) is 3.28. The predicted molar refractivity (Wildman–Crippen MR) is 75.9 cm³/mol. The van der Waals surface area contributed by atoms with E-state index in [1.165, 1.54) is 0 Å². The van der Waals surface area contributed by atoms with E-state index in [9.17, 15) is 0 Å². The van der Waals surface area contributed by atoms with Gasteiger partial charge in [0.1, 0.15) is 18.4 Å². The van der Waals surface area contributed by atoms with Gasteiger partial charge in [0.2, 0.25) is 0 Å². The maximum atomic E-state index is 8.94. The molecule has 0 saturated heterocycles. The summed E-state index contributed by atoms with van der Waals surface area (Å²) in [6, 6.07) is 16.8. The van der Waals surface area contributed by atoms with Gasteiger partial charge in [0, 0.05) is 5.56 Å². The van der Waals surface area contributed by atoms with E-state index >= 15 is 0 Å². The second-order valence-corrected chi connectivity index (χ2v) is 4.32. The summed E-state index contributed by atoms with van der Waals surface area (Å²) in [5.74, 6) is 0.754. The normalized spacial score (nSPS) is 10.9. The van der Waals surface area contributed by atoms with E-state index in [1.807, 2.05) is 49.4 Å². The minimum Gasteiger partial charge on any atom is -0.489 e. The van der Waals surface area contributed by atoms with Gasteiger partial charge in [-0.05, 0) is 24.6 Å². The van der Waals surface area contributed by atoms with Crippen LogP contribution in [0, 0.1) is 18.3 Å². The van der Waals surface area contributed by atoms with E-state index in [0.717, 1.165) is 16.9 Å². The van der Waals surface area contributed by atoms with Gasteiger partial charge in [0.15, 0.2) is 5.71 Å². The molecule has 0 aliphatic carbocycles. The third-order valence-corrected chi connectivity index (χ3v) is 2.89. The van der Waals surface area contributed by atoms with Crippen molar-refractivity contribution in [1.82, 2.24) is 0 Å². The molecule has 0 heterocycles. The molecule has 0 unspecified atom stereocenters. The van der Waals surface area contributed by atoms with Gasteiger partial charge in [-0.2, -0.15) is 5.26 Å². The van der Waals surface area contributed by atoms with Crippen LogP contribution in [0.15, 0.2) is 53.7 Å². The Balaban J connectivity index is 2.18. The van der Waals surface area contributed by atoms with Gasteiger partial charge in [-0.15, -0.1) is 0 Å². The van der Waals surface area contributed by atoms with Crippen molar-refractivity contribution in [2.24, 2.45) is 5.16 Å². The lowest BCUT2D eigenvalue weighted by Crippen LogP contribution is -2.05. The van der Waals surface area contributed by atoms with Gasteiger partial charge in [0.25, 0.3) is 0 Å². The molecule has 0 aliphatic rings. The smallest absolute Gasteiger partial charge is 0.187 e. The fourth-order valence-corrected chi connectivity index (χ4v) is 1.81. The molecule has 0 radical (unpaired) electrons. The largest absolute Gasteiger partial charge is 0.489 e. The number of nitrogens with zero attached hydrogens (tertiary/aromatic N) is 2. The zero-order chi connectivity index (χ0) is 14.4. The van der Waals surface area contributed by atoms with Gasteiger partial charge in [-0.3, -0.25) is 0 Å². The van der Waals surface area contributed by atoms with Crippen LogP contribution in [0.25, 0.3) is 0 Å². The molecule has 0 fully saturated rings. The van der Waals surface area contributed by atoms with Crippen LogP contribution < -0.4 is 4.74 Å². The Hall–Kier alpha value is -2.80. The molecule has 2 rings (SSSR count). The molecule has 0 atom stereocenters. The quantitative estimate of drug-likeness (QED) is 0.524. The highest BCUT2D eigenvalue weighted by Gasteiger charge is 2.09. The van der Waals surface area contributed by atoms with E-state index in [4.69, 9.17) is 15.2 Å². The molecule has 2 aromatic rings. The highest BCUT2D eigenvalue weighted by Crippen LogP contribution is 2.16. The van der Waals surface area contributed by atoms with E-state index in [2.05, 4.69) is 5.16 Å².